The fourth-order valence-corrected chi connectivity index (χ4v) is 1.50. The van der Waals surface area contributed by atoms with E-state index in [2.05, 4.69) is 15.9 Å². The Labute approximate surface area is 94.2 Å². The number of rotatable bonds is 0. The molecule has 13 heavy (non-hydrogen) atoms. The first-order valence-corrected chi connectivity index (χ1v) is 4.94. The first kappa shape index (κ1) is 11.1. The number of hydrogen-bond acceptors (Lipinski definition) is 1. The summed E-state index contributed by atoms with van der Waals surface area (Å²) in [5.41, 5.74) is -0.864. The summed E-state index contributed by atoms with van der Waals surface area (Å²) in [4.78, 5) is 0. The van der Waals surface area contributed by atoms with Crippen molar-refractivity contribution in [2.75, 3.05) is 0 Å². The summed E-state index contributed by atoms with van der Waals surface area (Å²) in [7, 11) is 0. The molecule has 0 fully saturated rings. The van der Waals surface area contributed by atoms with E-state index in [1.54, 1.807) is 22.6 Å². The average molecular weight is 367 g/mol. The molecule has 72 valence electrons. The van der Waals surface area contributed by atoms with Gasteiger partial charge in [-0.3, -0.25) is 0 Å². The molecule has 0 saturated carbocycles. The molecular weight excluding hydrogens is 364 g/mol. The molecule has 0 spiro atoms. The van der Waals surface area contributed by atoms with Crippen molar-refractivity contribution < 1.29 is 18.3 Å². The molecule has 0 saturated heterocycles. The van der Waals surface area contributed by atoms with Gasteiger partial charge in [-0.2, -0.15) is 13.2 Å². The minimum atomic E-state index is -4.43. The molecule has 0 aliphatic rings. The number of phenolic OH excluding ortho intramolecular Hbond substituents is 1. The minimum Gasteiger partial charge on any atom is -0.507 e. The average Bonchev–Trinajstić information content (AvgIpc) is 1.97. The lowest BCUT2D eigenvalue weighted by Gasteiger charge is -2.08. The fraction of sp³-hybridized carbons (Fsp3) is 0.143. The highest BCUT2D eigenvalue weighted by molar-refractivity contribution is 14.1. The van der Waals surface area contributed by atoms with Crippen molar-refractivity contribution in [1.82, 2.24) is 0 Å². The maximum atomic E-state index is 12.1. The number of halogens is 5. The van der Waals surface area contributed by atoms with Gasteiger partial charge >= 0.3 is 6.18 Å². The van der Waals surface area contributed by atoms with Crippen LogP contribution in [0, 0.1) is 3.57 Å². The lowest BCUT2D eigenvalue weighted by Crippen LogP contribution is -2.04. The van der Waals surface area contributed by atoms with E-state index in [4.69, 9.17) is 5.11 Å². The summed E-state index contributed by atoms with van der Waals surface area (Å²) >= 11 is 4.67. The Morgan fingerprint density at radius 2 is 1.85 bits per heavy atom. The number of hydrogen-bond donors (Lipinski definition) is 1. The molecular formula is C7H3BrF3IO. The monoisotopic (exact) mass is 366 g/mol. The van der Waals surface area contributed by atoms with E-state index in [0.29, 0.717) is 9.64 Å². The van der Waals surface area contributed by atoms with Gasteiger partial charge in [-0.1, -0.05) is 0 Å². The smallest absolute Gasteiger partial charge is 0.416 e. The molecule has 1 aromatic carbocycles. The normalized spacial score (nSPS) is 11.8. The number of aromatic hydroxyl groups is 1. The van der Waals surface area contributed by atoms with Crippen molar-refractivity contribution in [3.8, 4) is 5.75 Å². The molecule has 0 aliphatic carbocycles. The Morgan fingerprint density at radius 1 is 1.31 bits per heavy atom. The summed E-state index contributed by atoms with van der Waals surface area (Å²) in [6.45, 7) is 0. The van der Waals surface area contributed by atoms with Gasteiger partial charge in [0.1, 0.15) is 5.75 Å². The van der Waals surface area contributed by atoms with Crippen molar-refractivity contribution in [1.29, 1.82) is 0 Å². The van der Waals surface area contributed by atoms with Gasteiger partial charge in [-0.25, -0.2) is 0 Å². The summed E-state index contributed by atoms with van der Waals surface area (Å²) in [6, 6.07) is 1.63. The Hall–Kier alpha value is 0.0200. The second-order valence-corrected chi connectivity index (χ2v) is 4.22. The summed E-state index contributed by atoms with van der Waals surface area (Å²) in [6.07, 6.45) is -4.43. The number of phenols is 1. The van der Waals surface area contributed by atoms with Gasteiger partial charge < -0.3 is 5.11 Å². The summed E-state index contributed by atoms with van der Waals surface area (Å²) in [5.74, 6) is -0.373. The highest BCUT2D eigenvalue weighted by atomic mass is 127. The van der Waals surface area contributed by atoms with E-state index in [1.807, 2.05) is 0 Å². The first-order chi connectivity index (χ1) is 5.82. The van der Waals surface area contributed by atoms with Gasteiger partial charge in [-0.15, -0.1) is 0 Å². The van der Waals surface area contributed by atoms with Gasteiger partial charge in [0, 0.05) is 4.47 Å². The third-order valence-electron chi connectivity index (χ3n) is 1.34. The maximum Gasteiger partial charge on any atom is 0.416 e. The van der Waals surface area contributed by atoms with Crippen LogP contribution < -0.4 is 0 Å². The van der Waals surface area contributed by atoms with Crippen LogP contribution in [0.4, 0.5) is 13.2 Å². The number of alkyl halides is 3. The zero-order chi connectivity index (χ0) is 10.2. The number of benzene rings is 1. The molecule has 0 aromatic heterocycles. The molecule has 1 N–H and O–H groups in total. The van der Waals surface area contributed by atoms with Crippen molar-refractivity contribution in [3.63, 3.8) is 0 Å². The lowest BCUT2D eigenvalue weighted by molar-refractivity contribution is -0.137. The van der Waals surface area contributed by atoms with Crippen LogP contribution in [0.15, 0.2) is 16.6 Å². The van der Waals surface area contributed by atoms with E-state index in [0.717, 1.165) is 6.07 Å². The third kappa shape index (κ3) is 2.49. The molecule has 6 heteroatoms. The van der Waals surface area contributed by atoms with Crippen LogP contribution in [0.1, 0.15) is 5.56 Å². The Kier molecular flexibility index (Phi) is 3.11. The molecule has 0 amide bonds. The van der Waals surface area contributed by atoms with Crippen LogP contribution in [0.2, 0.25) is 0 Å². The largest absolute Gasteiger partial charge is 0.507 e. The van der Waals surface area contributed by atoms with Crippen LogP contribution in [0.3, 0.4) is 0 Å². The molecule has 0 aliphatic heterocycles. The first-order valence-electron chi connectivity index (χ1n) is 3.07. The second kappa shape index (κ2) is 3.64. The van der Waals surface area contributed by atoms with Crippen molar-refractivity contribution in [3.05, 3.63) is 25.7 Å². The van der Waals surface area contributed by atoms with Gasteiger partial charge in [0.05, 0.1) is 9.13 Å². The van der Waals surface area contributed by atoms with Crippen LogP contribution in [0.25, 0.3) is 0 Å². The van der Waals surface area contributed by atoms with Crippen LogP contribution in [-0.2, 0) is 6.18 Å². The highest BCUT2D eigenvalue weighted by Gasteiger charge is 2.31. The van der Waals surface area contributed by atoms with Gasteiger partial charge in [0.15, 0.2) is 0 Å². The molecule has 0 atom stereocenters. The quantitative estimate of drug-likeness (QED) is 0.693. The highest BCUT2D eigenvalue weighted by Crippen LogP contribution is 2.36. The topological polar surface area (TPSA) is 20.2 Å². The fourth-order valence-electron chi connectivity index (χ4n) is 0.738. The zero-order valence-electron chi connectivity index (χ0n) is 5.99. The van der Waals surface area contributed by atoms with Crippen LogP contribution in [-0.4, -0.2) is 5.11 Å². The van der Waals surface area contributed by atoms with Gasteiger partial charge in [-0.05, 0) is 50.7 Å². The van der Waals surface area contributed by atoms with E-state index < -0.39 is 11.7 Å². The van der Waals surface area contributed by atoms with E-state index in [1.165, 1.54) is 0 Å². The maximum absolute atomic E-state index is 12.1. The second-order valence-electron chi connectivity index (χ2n) is 2.29. The Morgan fingerprint density at radius 3 is 2.23 bits per heavy atom. The zero-order valence-corrected chi connectivity index (χ0v) is 9.74. The lowest BCUT2D eigenvalue weighted by atomic mass is 10.2. The summed E-state index contributed by atoms with van der Waals surface area (Å²) in [5, 5.41) is 9.11. The van der Waals surface area contributed by atoms with Crippen molar-refractivity contribution >= 4 is 38.5 Å². The van der Waals surface area contributed by atoms with E-state index in [9.17, 15) is 13.2 Å². The molecule has 1 aromatic rings. The van der Waals surface area contributed by atoms with E-state index >= 15 is 0 Å². The Balaban J connectivity index is 3.29. The molecule has 1 rings (SSSR count). The van der Waals surface area contributed by atoms with Crippen molar-refractivity contribution in [2.45, 2.75) is 6.18 Å². The molecule has 0 unspecified atom stereocenters. The molecule has 1 nitrogen and oxygen atoms in total. The molecule has 0 radical (unpaired) electrons. The standard InChI is InChI=1S/C7H3BrF3IO/c8-4-1-3(7(9,10)11)2-5(13)6(4)12/h1-2,13H. The molecule has 0 heterocycles. The third-order valence-corrected chi connectivity index (χ3v) is 3.84. The minimum absolute atomic E-state index is 0.237. The SMILES string of the molecule is Oc1cc(C(F)(F)F)cc(Br)c1I. The van der Waals surface area contributed by atoms with Crippen LogP contribution in [0.5, 0.6) is 5.75 Å². The van der Waals surface area contributed by atoms with E-state index in [-0.39, 0.29) is 10.2 Å². The van der Waals surface area contributed by atoms with Gasteiger partial charge in [0.25, 0.3) is 0 Å². The molecule has 0 bridgehead atoms. The predicted octanol–water partition coefficient (Wildman–Crippen LogP) is 3.78. The van der Waals surface area contributed by atoms with Crippen molar-refractivity contribution in [2.24, 2.45) is 0 Å². The van der Waals surface area contributed by atoms with Crippen LogP contribution >= 0.6 is 38.5 Å². The summed E-state index contributed by atoms with van der Waals surface area (Å²) < 4.78 is 37.0. The Bertz CT molecular complexity index is 314. The predicted molar refractivity (Wildman–Crippen MR) is 53.5 cm³/mol. The van der Waals surface area contributed by atoms with Gasteiger partial charge in [0.2, 0.25) is 0 Å².